The minimum atomic E-state index is -1.88. The Balaban J connectivity index is 4.57. The molecule has 0 spiro atoms. The Morgan fingerprint density at radius 1 is 1.20 bits per heavy atom. The predicted octanol–water partition coefficient (Wildman–Crippen LogP) is 3.12. The molecule has 1 atom stereocenters. The SMILES string of the molecule is CC(Cl)(C(=O)Cl)C(Cl)(Cl)Cl. The lowest BCUT2D eigenvalue weighted by molar-refractivity contribution is -0.113. The third-order valence-corrected chi connectivity index (χ3v) is 3.26. The lowest BCUT2D eigenvalue weighted by Crippen LogP contribution is -2.39. The van der Waals surface area contributed by atoms with Crippen LogP contribution in [0.5, 0.6) is 0 Å². The molecule has 6 heteroatoms. The fourth-order valence-electron chi connectivity index (χ4n) is 0.111. The van der Waals surface area contributed by atoms with E-state index in [0.29, 0.717) is 0 Å². The third kappa shape index (κ3) is 2.31. The van der Waals surface area contributed by atoms with Gasteiger partial charge in [0.1, 0.15) is 0 Å². The van der Waals surface area contributed by atoms with E-state index >= 15 is 0 Å². The number of carbonyl (C=O) groups is 1. The van der Waals surface area contributed by atoms with Gasteiger partial charge in [0.15, 0.2) is 4.87 Å². The molecular formula is C4H3Cl5O. The first-order valence-corrected chi connectivity index (χ1v) is 4.04. The highest BCUT2D eigenvalue weighted by molar-refractivity contribution is 6.79. The summed E-state index contributed by atoms with van der Waals surface area (Å²) in [5.74, 6) is 0. The van der Waals surface area contributed by atoms with Gasteiger partial charge in [0, 0.05) is 0 Å². The van der Waals surface area contributed by atoms with E-state index in [-0.39, 0.29) is 0 Å². The van der Waals surface area contributed by atoms with E-state index in [9.17, 15) is 4.79 Å². The molecule has 0 saturated heterocycles. The zero-order chi connectivity index (χ0) is 8.58. The van der Waals surface area contributed by atoms with Crippen LogP contribution >= 0.6 is 58.0 Å². The highest BCUT2D eigenvalue weighted by atomic mass is 35.6. The lowest BCUT2D eigenvalue weighted by atomic mass is 10.2. The molecule has 0 heterocycles. The van der Waals surface area contributed by atoms with Gasteiger partial charge in [-0.2, -0.15) is 0 Å². The van der Waals surface area contributed by atoms with Gasteiger partial charge in [-0.1, -0.05) is 34.8 Å². The van der Waals surface area contributed by atoms with Crippen LogP contribution in [0.2, 0.25) is 0 Å². The topological polar surface area (TPSA) is 17.1 Å². The van der Waals surface area contributed by atoms with Gasteiger partial charge in [0.05, 0.1) is 0 Å². The van der Waals surface area contributed by atoms with Gasteiger partial charge in [-0.15, -0.1) is 11.6 Å². The molecule has 1 unspecified atom stereocenters. The van der Waals surface area contributed by atoms with E-state index < -0.39 is 13.9 Å². The molecule has 60 valence electrons. The molecule has 1 nitrogen and oxygen atoms in total. The monoisotopic (exact) mass is 242 g/mol. The molecular weight excluding hydrogens is 241 g/mol. The molecule has 0 bridgehead atoms. The van der Waals surface area contributed by atoms with Crippen LogP contribution in [0, 0.1) is 0 Å². The summed E-state index contributed by atoms with van der Waals surface area (Å²) < 4.78 is -1.88. The summed E-state index contributed by atoms with van der Waals surface area (Å²) in [7, 11) is 0. The summed E-state index contributed by atoms with van der Waals surface area (Å²) in [6.07, 6.45) is 0. The highest BCUT2D eigenvalue weighted by Gasteiger charge is 2.48. The first-order valence-electron chi connectivity index (χ1n) is 2.15. The van der Waals surface area contributed by atoms with Gasteiger partial charge in [-0.25, -0.2) is 0 Å². The van der Waals surface area contributed by atoms with Crippen LogP contribution in [0.1, 0.15) is 6.92 Å². The number of halogens is 5. The number of carbonyl (C=O) groups excluding carboxylic acids is 1. The summed E-state index contributed by atoms with van der Waals surface area (Å²) in [5, 5.41) is -0.894. The number of rotatable bonds is 1. The molecule has 0 aliphatic carbocycles. The van der Waals surface area contributed by atoms with Crippen LogP contribution in [-0.2, 0) is 4.79 Å². The Morgan fingerprint density at radius 3 is 1.50 bits per heavy atom. The van der Waals surface area contributed by atoms with Crippen LogP contribution < -0.4 is 0 Å². The van der Waals surface area contributed by atoms with Crippen molar-refractivity contribution in [2.45, 2.75) is 15.6 Å². The smallest absolute Gasteiger partial charge is 0.246 e. The lowest BCUT2D eigenvalue weighted by Gasteiger charge is -2.24. The second-order valence-corrected chi connectivity index (χ2v) is 5.15. The van der Waals surface area contributed by atoms with Gasteiger partial charge in [0.2, 0.25) is 9.03 Å². The number of hydrogen-bond acceptors (Lipinski definition) is 1. The summed E-state index contributed by atoms with van der Waals surface area (Å²) in [4.78, 5) is 8.82. The largest absolute Gasteiger partial charge is 0.279 e. The maximum Gasteiger partial charge on any atom is 0.246 e. The third-order valence-electron chi connectivity index (χ3n) is 0.901. The van der Waals surface area contributed by atoms with Gasteiger partial charge in [-0.3, -0.25) is 4.79 Å². The Bertz CT molecular complexity index is 146. The molecule has 0 N–H and O–H groups in total. The molecule has 0 fully saturated rings. The normalized spacial score (nSPS) is 18.2. The summed E-state index contributed by atoms with van der Waals surface area (Å²) >= 11 is 26.4. The first kappa shape index (κ1) is 11.1. The Kier molecular flexibility index (Phi) is 3.60. The Morgan fingerprint density at radius 2 is 1.50 bits per heavy atom. The van der Waals surface area contributed by atoms with Gasteiger partial charge >= 0.3 is 0 Å². The second kappa shape index (κ2) is 3.24. The standard InChI is InChI=1S/C4H3Cl5O/c1-3(6,2(5)10)4(7,8)9/h1H3. The minimum Gasteiger partial charge on any atom is -0.279 e. The van der Waals surface area contributed by atoms with Crippen molar-refractivity contribution >= 4 is 63.2 Å². The minimum absolute atomic E-state index is 0.894. The molecule has 10 heavy (non-hydrogen) atoms. The van der Waals surface area contributed by atoms with Gasteiger partial charge in [-0.05, 0) is 18.5 Å². The summed E-state index contributed by atoms with van der Waals surface area (Å²) in [6, 6.07) is 0. The van der Waals surface area contributed by atoms with Crippen molar-refractivity contribution in [3.63, 3.8) is 0 Å². The molecule has 0 aromatic heterocycles. The van der Waals surface area contributed by atoms with Crippen molar-refractivity contribution in [3.05, 3.63) is 0 Å². The maximum atomic E-state index is 10.5. The van der Waals surface area contributed by atoms with E-state index in [1.54, 1.807) is 0 Å². The molecule has 0 radical (unpaired) electrons. The molecule has 0 amide bonds. The average Bonchev–Trinajstić information content (AvgIpc) is 1.62. The molecule has 0 aromatic carbocycles. The average molecular weight is 244 g/mol. The summed E-state index contributed by atoms with van der Waals surface area (Å²) in [6.45, 7) is 1.23. The van der Waals surface area contributed by atoms with Crippen LogP contribution in [-0.4, -0.2) is 13.9 Å². The van der Waals surface area contributed by atoms with Gasteiger partial charge in [0.25, 0.3) is 0 Å². The number of hydrogen-bond donors (Lipinski definition) is 0. The fourth-order valence-corrected chi connectivity index (χ4v) is 0.656. The summed E-state index contributed by atoms with van der Waals surface area (Å²) in [5.41, 5.74) is 0. The molecule has 0 aliphatic rings. The van der Waals surface area contributed by atoms with Crippen LogP contribution in [0.3, 0.4) is 0 Å². The van der Waals surface area contributed by atoms with E-state index in [2.05, 4.69) is 0 Å². The molecule has 0 aliphatic heterocycles. The van der Waals surface area contributed by atoms with Crippen LogP contribution in [0.4, 0.5) is 0 Å². The first-order chi connectivity index (χ1) is 4.19. The fraction of sp³-hybridized carbons (Fsp3) is 0.750. The van der Waals surface area contributed by atoms with Crippen molar-refractivity contribution in [2.24, 2.45) is 0 Å². The van der Waals surface area contributed by atoms with Gasteiger partial charge < -0.3 is 0 Å². The van der Waals surface area contributed by atoms with Crippen molar-refractivity contribution in [2.75, 3.05) is 0 Å². The van der Waals surface area contributed by atoms with Crippen molar-refractivity contribution in [1.29, 1.82) is 0 Å². The Labute approximate surface area is 83.5 Å². The van der Waals surface area contributed by atoms with Crippen molar-refractivity contribution in [3.8, 4) is 0 Å². The van der Waals surface area contributed by atoms with Crippen molar-refractivity contribution in [1.82, 2.24) is 0 Å². The predicted molar refractivity (Wildman–Crippen MR) is 45.4 cm³/mol. The van der Waals surface area contributed by atoms with Crippen molar-refractivity contribution < 1.29 is 4.79 Å². The number of alkyl halides is 4. The van der Waals surface area contributed by atoms with Crippen LogP contribution in [0.15, 0.2) is 0 Å². The maximum absolute atomic E-state index is 10.5. The van der Waals surface area contributed by atoms with E-state index in [4.69, 9.17) is 58.0 Å². The highest BCUT2D eigenvalue weighted by Crippen LogP contribution is 2.43. The molecule has 0 rings (SSSR count). The Hall–Kier alpha value is 1.12. The zero-order valence-corrected chi connectivity index (χ0v) is 8.58. The molecule has 0 saturated carbocycles. The van der Waals surface area contributed by atoms with Crippen LogP contribution in [0.25, 0.3) is 0 Å². The quantitative estimate of drug-likeness (QED) is 0.511. The van der Waals surface area contributed by atoms with E-state index in [0.717, 1.165) is 0 Å². The second-order valence-electron chi connectivity index (χ2n) is 1.77. The van der Waals surface area contributed by atoms with E-state index in [1.165, 1.54) is 6.92 Å². The zero-order valence-electron chi connectivity index (χ0n) is 4.80. The van der Waals surface area contributed by atoms with E-state index in [1.807, 2.05) is 0 Å². The molecule has 0 aromatic rings.